The maximum atomic E-state index is 12.4. The van der Waals surface area contributed by atoms with E-state index in [1.54, 1.807) is 12.0 Å². The minimum atomic E-state index is -4.55. The van der Waals surface area contributed by atoms with Gasteiger partial charge in [-0.05, 0) is 43.0 Å². The smallest absolute Gasteiger partial charge is 0.415 e. The number of alkyl halides is 3. The summed E-state index contributed by atoms with van der Waals surface area (Å²) in [5.41, 5.74) is 1.07. The highest BCUT2D eigenvalue weighted by molar-refractivity contribution is 5.31. The number of piperidine rings is 1. The third-order valence-electron chi connectivity index (χ3n) is 3.88. The van der Waals surface area contributed by atoms with E-state index in [2.05, 4.69) is 0 Å². The maximum Gasteiger partial charge on any atom is 0.415 e. The summed E-state index contributed by atoms with van der Waals surface area (Å²) in [4.78, 5) is 1.69. The summed E-state index contributed by atoms with van der Waals surface area (Å²) >= 11 is 0. The van der Waals surface area contributed by atoms with Crippen LogP contribution in [-0.4, -0.2) is 49.0 Å². The molecule has 0 amide bonds. The van der Waals surface area contributed by atoms with E-state index in [1.807, 2.05) is 24.3 Å². The van der Waals surface area contributed by atoms with Gasteiger partial charge in [0.1, 0.15) is 5.75 Å². The highest BCUT2D eigenvalue weighted by Crippen LogP contribution is 2.30. The van der Waals surface area contributed by atoms with Crippen molar-refractivity contribution in [3.63, 3.8) is 0 Å². The summed E-state index contributed by atoms with van der Waals surface area (Å²) in [5.74, 6) is 0.925. The molecule has 0 radical (unpaired) electrons. The van der Waals surface area contributed by atoms with Crippen LogP contribution in [0.25, 0.3) is 0 Å². The second-order valence-corrected chi connectivity index (χ2v) is 5.43. The molecule has 0 aromatic heterocycles. The van der Waals surface area contributed by atoms with Crippen LogP contribution in [0.15, 0.2) is 24.3 Å². The zero-order chi connectivity index (χ0) is 15.5. The van der Waals surface area contributed by atoms with Crippen LogP contribution in [0.1, 0.15) is 24.3 Å². The van der Waals surface area contributed by atoms with Gasteiger partial charge in [0.05, 0.1) is 7.11 Å². The second-order valence-electron chi connectivity index (χ2n) is 5.43. The van der Waals surface area contributed by atoms with Gasteiger partial charge in [0.2, 0.25) is 0 Å². The lowest BCUT2D eigenvalue weighted by atomic mass is 9.90. The summed E-state index contributed by atoms with van der Waals surface area (Å²) in [7, 11) is 1.59. The van der Waals surface area contributed by atoms with E-state index in [0.717, 1.165) is 24.2 Å². The van der Waals surface area contributed by atoms with Crippen LogP contribution in [0.3, 0.4) is 0 Å². The number of β-amino-alcohol motifs (C(OH)–C–C–N with tert-alkyl or cyclic N) is 1. The molecule has 0 aliphatic carbocycles. The number of aliphatic hydroxyl groups is 1. The number of hydrogen-bond acceptors (Lipinski definition) is 3. The van der Waals surface area contributed by atoms with Gasteiger partial charge < -0.3 is 9.84 Å². The van der Waals surface area contributed by atoms with Gasteiger partial charge in [0.25, 0.3) is 0 Å². The molecule has 6 heteroatoms. The molecule has 1 heterocycles. The van der Waals surface area contributed by atoms with Crippen LogP contribution in [0.4, 0.5) is 13.2 Å². The number of benzene rings is 1. The number of halogens is 3. The van der Waals surface area contributed by atoms with Gasteiger partial charge in [-0.15, -0.1) is 0 Å². The van der Waals surface area contributed by atoms with Crippen LogP contribution in [0, 0.1) is 0 Å². The van der Waals surface area contributed by atoms with Crippen molar-refractivity contribution in [2.75, 3.05) is 26.7 Å². The standard InChI is InChI=1S/C15H20F3NO2/c1-21-13-6-2-4-11(8-13)12-5-3-7-19(9-12)10-14(20)15(16,17)18/h2,4,6,8,12,14,20H,3,5,7,9-10H2,1H3/t12?,14-/m0/s1. The average molecular weight is 303 g/mol. The monoisotopic (exact) mass is 303 g/mol. The van der Waals surface area contributed by atoms with E-state index in [0.29, 0.717) is 13.1 Å². The number of ether oxygens (including phenoxy) is 1. The Hall–Kier alpha value is -1.27. The van der Waals surface area contributed by atoms with Crippen molar-refractivity contribution in [2.45, 2.75) is 31.0 Å². The normalized spacial score (nSPS) is 22.0. The molecule has 1 aliphatic heterocycles. The fourth-order valence-corrected chi connectivity index (χ4v) is 2.74. The molecule has 1 aliphatic rings. The van der Waals surface area contributed by atoms with E-state index in [9.17, 15) is 18.3 Å². The Labute approximate surface area is 122 Å². The van der Waals surface area contributed by atoms with Crippen molar-refractivity contribution in [1.29, 1.82) is 0 Å². The molecule has 1 aromatic carbocycles. The Kier molecular flexibility index (Phi) is 5.11. The van der Waals surface area contributed by atoms with E-state index in [-0.39, 0.29) is 12.5 Å². The molecule has 3 nitrogen and oxygen atoms in total. The van der Waals surface area contributed by atoms with Crippen LogP contribution in [0.5, 0.6) is 5.75 Å². The Morgan fingerprint density at radius 1 is 1.43 bits per heavy atom. The van der Waals surface area contributed by atoms with E-state index in [1.165, 1.54) is 0 Å². The fraction of sp³-hybridized carbons (Fsp3) is 0.600. The lowest BCUT2D eigenvalue weighted by Gasteiger charge is -2.34. The molecule has 118 valence electrons. The number of rotatable bonds is 4. The van der Waals surface area contributed by atoms with E-state index >= 15 is 0 Å². The second kappa shape index (κ2) is 6.66. The van der Waals surface area contributed by atoms with Gasteiger partial charge in [-0.25, -0.2) is 0 Å². The summed E-state index contributed by atoms with van der Waals surface area (Å²) in [6.07, 6.45) is -5.07. The summed E-state index contributed by atoms with van der Waals surface area (Å²) < 4.78 is 42.5. The average Bonchev–Trinajstić information content (AvgIpc) is 2.46. The molecule has 0 saturated carbocycles. The van der Waals surface area contributed by atoms with Crippen molar-refractivity contribution in [3.8, 4) is 5.75 Å². The van der Waals surface area contributed by atoms with E-state index in [4.69, 9.17) is 4.74 Å². The first-order chi connectivity index (χ1) is 9.90. The molecule has 1 aromatic rings. The molecule has 2 atom stereocenters. The van der Waals surface area contributed by atoms with Gasteiger partial charge in [0, 0.05) is 13.1 Å². The molecule has 21 heavy (non-hydrogen) atoms. The van der Waals surface area contributed by atoms with Crippen molar-refractivity contribution in [3.05, 3.63) is 29.8 Å². The van der Waals surface area contributed by atoms with Crippen LogP contribution in [-0.2, 0) is 0 Å². The number of aliphatic hydroxyl groups excluding tert-OH is 1. The van der Waals surface area contributed by atoms with Crippen molar-refractivity contribution < 1.29 is 23.0 Å². The maximum absolute atomic E-state index is 12.4. The molecular formula is C15H20F3NO2. The Morgan fingerprint density at radius 3 is 2.86 bits per heavy atom. The molecule has 2 rings (SSSR count). The van der Waals surface area contributed by atoms with Crippen LogP contribution >= 0.6 is 0 Å². The third kappa shape index (κ3) is 4.35. The molecule has 1 saturated heterocycles. The minimum Gasteiger partial charge on any atom is -0.497 e. The molecule has 1 N–H and O–H groups in total. The van der Waals surface area contributed by atoms with Gasteiger partial charge in [0.15, 0.2) is 6.10 Å². The van der Waals surface area contributed by atoms with Crippen molar-refractivity contribution in [2.24, 2.45) is 0 Å². The lowest BCUT2D eigenvalue weighted by Crippen LogP contribution is -2.44. The first kappa shape index (κ1) is 16.1. The molecule has 1 unspecified atom stereocenters. The zero-order valence-corrected chi connectivity index (χ0v) is 11.9. The first-order valence-corrected chi connectivity index (χ1v) is 7.01. The van der Waals surface area contributed by atoms with Gasteiger partial charge >= 0.3 is 6.18 Å². The predicted molar refractivity (Wildman–Crippen MR) is 73.5 cm³/mol. The Morgan fingerprint density at radius 2 is 2.19 bits per heavy atom. The highest BCUT2D eigenvalue weighted by atomic mass is 19.4. The van der Waals surface area contributed by atoms with Crippen LogP contribution < -0.4 is 4.74 Å². The summed E-state index contributed by atoms with van der Waals surface area (Å²) in [6, 6.07) is 7.63. The third-order valence-corrected chi connectivity index (χ3v) is 3.88. The molecule has 1 fully saturated rings. The number of methoxy groups -OCH3 is 1. The Balaban J connectivity index is 2.00. The largest absolute Gasteiger partial charge is 0.497 e. The summed E-state index contributed by atoms with van der Waals surface area (Å²) in [6.45, 7) is 0.762. The summed E-state index contributed by atoms with van der Waals surface area (Å²) in [5, 5.41) is 9.19. The van der Waals surface area contributed by atoms with E-state index < -0.39 is 12.3 Å². The number of likely N-dealkylation sites (tertiary alicyclic amines) is 1. The molecular weight excluding hydrogens is 283 g/mol. The van der Waals surface area contributed by atoms with Crippen LogP contribution in [0.2, 0.25) is 0 Å². The SMILES string of the molecule is COc1cccc(C2CCCN(C[C@H](O)C(F)(F)F)C2)c1. The lowest BCUT2D eigenvalue weighted by molar-refractivity contribution is -0.208. The first-order valence-electron chi connectivity index (χ1n) is 7.01. The van der Waals surface area contributed by atoms with Gasteiger partial charge in [-0.3, -0.25) is 4.90 Å². The minimum absolute atomic E-state index is 0.175. The molecule has 0 bridgehead atoms. The quantitative estimate of drug-likeness (QED) is 0.928. The number of nitrogens with zero attached hydrogens (tertiary/aromatic N) is 1. The highest BCUT2D eigenvalue weighted by Gasteiger charge is 2.39. The van der Waals surface area contributed by atoms with Gasteiger partial charge in [-0.2, -0.15) is 13.2 Å². The zero-order valence-electron chi connectivity index (χ0n) is 11.9. The topological polar surface area (TPSA) is 32.7 Å². The molecule has 0 spiro atoms. The predicted octanol–water partition coefficient (Wildman–Crippen LogP) is 2.80. The van der Waals surface area contributed by atoms with Crippen molar-refractivity contribution >= 4 is 0 Å². The van der Waals surface area contributed by atoms with Gasteiger partial charge in [-0.1, -0.05) is 12.1 Å². The number of hydrogen-bond donors (Lipinski definition) is 1. The Bertz CT molecular complexity index is 464. The van der Waals surface area contributed by atoms with Crippen molar-refractivity contribution in [1.82, 2.24) is 4.90 Å². The fourth-order valence-electron chi connectivity index (χ4n) is 2.74.